The fourth-order valence-electron chi connectivity index (χ4n) is 4.09. The van der Waals surface area contributed by atoms with Crippen molar-refractivity contribution in [1.29, 1.82) is 0 Å². The molecular formula is C19H26FN3O2S. The van der Waals surface area contributed by atoms with Gasteiger partial charge in [0.25, 0.3) is 5.91 Å². The predicted molar refractivity (Wildman–Crippen MR) is 102 cm³/mol. The number of hydrogen-bond donors (Lipinski definition) is 2. The van der Waals surface area contributed by atoms with Crippen LogP contribution in [0.4, 0.5) is 9.18 Å². The number of halogens is 1. The van der Waals surface area contributed by atoms with Gasteiger partial charge in [-0.3, -0.25) is 10.1 Å². The largest absolute Gasteiger partial charge is 0.323 e. The Morgan fingerprint density at radius 3 is 2.62 bits per heavy atom. The maximum absolute atomic E-state index is 14.2. The Morgan fingerprint density at radius 1 is 1.27 bits per heavy atom. The van der Waals surface area contributed by atoms with Crippen molar-refractivity contribution in [3.63, 3.8) is 0 Å². The molecule has 2 heterocycles. The van der Waals surface area contributed by atoms with Crippen molar-refractivity contribution in [3.05, 3.63) is 35.6 Å². The lowest BCUT2D eigenvalue weighted by Crippen LogP contribution is -2.57. The molecule has 2 saturated heterocycles. The number of hydrogen-bond acceptors (Lipinski definition) is 4. The molecule has 5 nitrogen and oxygen atoms in total. The van der Waals surface area contributed by atoms with Crippen molar-refractivity contribution < 1.29 is 14.0 Å². The highest BCUT2D eigenvalue weighted by atomic mass is 32.2. The summed E-state index contributed by atoms with van der Waals surface area (Å²) in [6.07, 6.45) is 5.10. The molecule has 2 aliphatic heterocycles. The summed E-state index contributed by atoms with van der Waals surface area (Å²) in [7, 11) is 0. The first-order chi connectivity index (χ1) is 12.5. The fraction of sp³-hybridized carbons (Fsp3) is 0.579. The van der Waals surface area contributed by atoms with Crippen molar-refractivity contribution in [2.75, 3.05) is 31.6 Å². The molecule has 1 unspecified atom stereocenters. The second-order valence-corrected chi connectivity index (χ2v) is 8.10. The predicted octanol–water partition coefficient (Wildman–Crippen LogP) is 2.41. The molecule has 7 heteroatoms. The number of amides is 3. The molecule has 2 aliphatic rings. The number of nitrogens with one attached hydrogen (secondary N) is 2. The smallest absolute Gasteiger partial charge is 0.322 e. The summed E-state index contributed by atoms with van der Waals surface area (Å²) in [5.41, 5.74) is -0.586. The van der Waals surface area contributed by atoms with E-state index in [0.29, 0.717) is 5.56 Å². The first-order valence-corrected chi connectivity index (χ1v) is 10.5. The molecule has 0 aliphatic carbocycles. The monoisotopic (exact) mass is 379 g/mol. The van der Waals surface area contributed by atoms with Crippen LogP contribution >= 0.6 is 11.8 Å². The van der Waals surface area contributed by atoms with Crippen LogP contribution in [0.2, 0.25) is 0 Å². The van der Waals surface area contributed by atoms with E-state index in [2.05, 4.69) is 21.8 Å². The molecule has 0 spiro atoms. The van der Waals surface area contributed by atoms with E-state index < -0.39 is 11.6 Å². The van der Waals surface area contributed by atoms with Crippen molar-refractivity contribution in [2.45, 2.75) is 31.2 Å². The topological polar surface area (TPSA) is 61.4 Å². The van der Waals surface area contributed by atoms with Crippen LogP contribution in [0.5, 0.6) is 0 Å². The molecule has 3 rings (SSSR count). The first-order valence-electron chi connectivity index (χ1n) is 9.13. The van der Waals surface area contributed by atoms with Crippen LogP contribution in [0.25, 0.3) is 0 Å². The number of likely N-dealkylation sites (tertiary alicyclic amines) is 1. The zero-order valence-electron chi connectivity index (χ0n) is 15.1. The lowest BCUT2D eigenvalue weighted by atomic mass is 9.74. The van der Waals surface area contributed by atoms with Crippen LogP contribution < -0.4 is 10.6 Å². The Kier molecular flexibility index (Phi) is 6.19. The Labute approximate surface area is 158 Å². The van der Waals surface area contributed by atoms with E-state index in [1.54, 1.807) is 18.2 Å². The van der Waals surface area contributed by atoms with Gasteiger partial charge in [-0.25, -0.2) is 9.18 Å². The van der Waals surface area contributed by atoms with E-state index in [4.69, 9.17) is 0 Å². The van der Waals surface area contributed by atoms with Gasteiger partial charge in [0.1, 0.15) is 11.4 Å². The Hall–Kier alpha value is -1.60. The van der Waals surface area contributed by atoms with Crippen molar-refractivity contribution in [1.82, 2.24) is 15.5 Å². The van der Waals surface area contributed by atoms with Gasteiger partial charge in [-0.15, -0.1) is 0 Å². The molecule has 0 bridgehead atoms. The van der Waals surface area contributed by atoms with Crippen molar-refractivity contribution >= 4 is 23.7 Å². The molecule has 1 atom stereocenters. The lowest BCUT2D eigenvalue weighted by Gasteiger charge is -2.40. The zero-order valence-corrected chi connectivity index (χ0v) is 15.9. The summed E-state index contributed by atoms with van der Waals surface area (Å²) in [6.45, 7) is 2.87. The van der Waals surface area contributed by atoms with Crippen LogP contribution in [0.15, 0.2) is 24.3 Å². The Morgan fingerprint density at radius 2 is 2.00 bits per heavy atom. The number of benzene rings is 1. The first kappa shape index (κ1) is 19.2. The van der Waals surface area contributed by atoms with E-state index >= 15 is 0 Å². The summed E-state index contributed by atoms with van der Waals surface area (Å²) in [5, 5.41) is 5.21. The van der Waals surface area contributed by atoms with E-state index in [0.717, 1.165) is 44.6 Å². The van der Waals surface area contributed by atoms with Crippen LogP contribution in [-0.2, 0) is 11.2 Å². The van der Waals surface area contributed by atoms with Crippen LogP contribution in [0.3, 0.4) is 0 Å². The highest BCUT2D eigenvalue weighted by molar-refractivity contribution is 7.98. The normalized spacial score (nSPS) is 24.5. The maximum atomic E-state index is 14.2. The second-order valence-electron chi connectivity index (χ2n) is 7.11. The van der Waals surface area contributed by atoms with Gasteiger partial charge in [0.15, 0.2) is 0 Å². The molecule has 142 valence electrons. The number of thioether (sulfide) groups is 1. The molecule has 3 amide bonds. The summed E-state index contributed by atoms with van der Waals surface area (Å²) in [5.74, 6) is 0.488. The third-order valence-corrected chi connectivity index (χ3v) is 6.20. The number of imide groups is 1. The average molecular weight is 380 g/mol. The summed E-state index contributed by atoms with van der Waals surface area (Å²) < 4.78 is 14.2. The number of rotatable bonds is 7. The summed E-state index contributed by atoms with van der Waals surface area (Å²) >= 11 is 1.85. The van der Waals surface area contributed by atoms with Crippen molar-refractivity contribution in [2.24, 2.45) is 5.92 Å². The minimum atomic E-state index is -1.05. The van der Waals surface area contributed by atoms with Gasteiger partial charge in [0.2, 0.25) is 0 Å². The molecule has 0 radical (unpaired) electrons. The third kappa shape index (κ3) is 4.04. The number of nitrogens with zero attached hydrogens (tertiary/aromatic N) is 1. The highest BCUT2D eigenvalue weighted by Gasteiger charge is 2.52. The minimum absolute atomic E-state index is 0.00496. The number of carbonyl (C=O) groups excluding carboxylic acids is 2. The van der Waals surface area contributed by atoms with Gasteiger partial charge in [0, 0.05) is 6.42 Å². The summed E-state index contributed by atoms with van der Waals surface area (Å²) in [4.78, 5) is 27.0. The molecule has 2 N–H and O–H groups in total. The van der Waals surface area contributed by atoms with Gasteiger partial charge < -0.3 is 10.2 Å². The van der Waals surface area contributed by atoms with Crippen LogP contribution in [0.1, 0.15) is 24.8 Å². The molecule has 0 saturated carbocycles. The Balaban J connectivity index is 1.73. The molecule has 1 aromatic rings. The van der Waals surface area contributed by atoms with Crippen molar-refractivity contribution in [3.8, 4) is 0 Å². The van der Waals surface area contributed by atoms with Gasteiger partial charge in [-0.05, 0) is 68.5 Å². The third-order valence-electron chi connectivity index (χ3n) is 5.50. The Bertz CT molecular complexity index is 664. The second kappa shape index (κ2) is 8.39. The number of piperidine rings is 1. The van der Waals surface area contributed by atoms with Gasteiger partial charge in [-0.1, -0.05) is 18.2 Å². The van der Waals surface area contributed by atoms with Gasteiger partial charge >= 0.3 is 6.03 Å². The van der Waals surface area contributed by atoms with Gasteiger partial charge in [-0.2, -0.15) is 11.8 Å². The fourth-order valence-corrected chi connectivity index (χ4v) is 4.50. The SMILES string of the molecule is CSCCCN1CCC(C2(Cc3ccccc3F)NC(=O)NC2=O)CC1. The zero-order chi connectivity index (χ0) is 18.6. The van der Waals surface area contributed by atoms with Crippen LogP contribution in [-0.4, -0.2) is 54.0 Å². The van der Waals surface area contributed by atoms with E-state index in [9.17, 15) is 14.0 Å². The standard InChI is InChI=1S/C19H26FN3O2S/c1-26-12-4-9-23-10-7-15(8-11-23)19(17(24)21-18(25)22-19)13-14-5-2-3-6-16(14)20/h2-3,5-6,15H,4,7-13H2,1H3,(H2,21,22,24,25). The summed E-state index contributed by atoms with van der Waals surface area (Å²) in [6, 6.07) is 5.99. The van der Waals surface area contributed by atoms with E-state index in [-0.39, 0.29) is 24.1 Å². The highest BCUT2D eigenvalue weighted by Crippen LogP contribution is 2.34. The van der Waals surface area contributed by atoms with Crippen LogP contribution in [0, 0.1) is 11.7 Å². The lowest BCUT2D eigenvalue weighted by molar-refractivity contribution is -0.126. The molecule has 2 fully saturated rings. The molecular weight excluding hydrogens is 353 g/mol. The number of carbonyl (C=O) groups is 2. The van der Waals surface area contributed by atoms with E-state index in [1.807, 2.05) is 11.8 Å². The average Bonchev–Trinajstić information content (AvgIpc) is 2.92. The van der Waals surface area contributed by atoms with Gasteiger partial charge in [0.05, 0.1) is 0 Å². The molecule has 26 heavy (non-hydrogen) atoms. The maximum Gasteiger partial charge on any atom is 0.322 e. The quantitative estimate of drug-likeness (QED) is 0.564. The number of urea groups is 1. The molecule has 1 aromatic carbocycles. The minimum Gasteiger partial charge on any atom is -0.323 e. The molecule has 0 aromatic heterocycles. The van der Waals surface area contributed by atoms with E-state index in [1.165, 1.54) is 6.07 Å².